The van der Waals surface area contributed by atoms with Crippen molar-refractivity contribution in [1.29, 1.82) is 0 Å². The average molecular weight is 136 g/mol. The van der Waals surface area contributed by atoms with Gasteiger partial charge in [-0.25, -0.2) is 0 Å². The van der Waals surface area contributed by atoms with E-state index in [-0.39, 0.29) is 7.43 Å². The van der Waals surface area contributed by atoms with Crippen molar-refractivity contribution in [2.24, 2.45) is 0 Å². The van der Waals surface area contributed by atoms with Crippen LogP contribution in [0.5, 0.6) is 0 Å². The molecule has 0 bridgehead atoms. The molecule has 0 aliphatic rings. The Morgan fingerprint density at radius 2 is 2.29 bits per heavy atom. The van der Waals surface area contributed by atoms with Gasteiger partial charge >= 0.3 is 0 Å². The molecule has 0 aromatic rings. The van der Waals surface area contributed by atoms with Gasteiger partial charge in [0, 0.05) is 16.3 Å². The van der Waals surface area contributed by atoms with Gasteiger partial charge in [-0.3, -0.25) is 0 Å². The summed E-state index contributed by atoms with van der Waals surface area (Å²) in [4.78, 5) is 0. The Morgan fingerprint density at radius 3 is 2.29 bits per heavy atom. The largest absolute Gasteiger partial charge is 0.491 e. The SMILES string of the molecule is C.COC(=S)C[SiH3]. The van der Waals surface area contributed by atoms with Crippen molar-refractivity contribution in [2.45, 2.75) is 13.5 Å². The molecule has 0 rings (SSSR count). The summed E-state index contributed by atoms with van der Waals surface area (Å²) >= 11 is 4.67. The first-order chi connectivity index (χ1) is 2.81. The standard InChI is InChI=1S/C3H8OSSi.CH4/c1-4-3(5)2-6;/h2H2,1,6H3;1H4. The fraction of sp³-hybridized carbons (Fsp3) is 0.750. The van der Waals surface area contributed by atoms with Crippen LogP contribution >= 0.6 is 12.2 Å². The van der Waals surface area contributed by atoms with Crippen molar-refractivity contribution in [2.75, 3.05) is 7.11 Å². The van der Waals surface area contributed by atoms with Crippen LogP contribution < -0.4 is 0 Å². The highest BCUT2D eigenvalue weighted by atomic mass is 32.1. The second kappa shape index (κ2) is 6.11. The van der Waals surface area contributed by atoms with Crippen molar-refractivity contribution in [3.8, 4) is 0 Å². The molecular formula is C4H12OSSi. The lowest BCUT2D eigenvalue weighted by Crippen LogP contribution is -1.92. The minimum Gasteiger partial charge on any atom is -0.491 e. The van der Waals surface area contributed by atoms with Gasteiger partial charge in [-0.05, 0) is 12.2 Å². The second-order valence-electron chi connectivity index (χ2n) is 0.930. The van der Waals surface area contributed by atoms with E-state index in [9.17, 15) is 0 Å². The van der Waals surface area contributed by atoms with E-state index in [2.05, 4.69) is 17.0 Å². The zero-order valence-corrected chi connectivity index (χ0v) is 6.84. The quantitative estimate of drug-likeness (QED) is 0.381. The minimum atomic E-state index is 0. The zero-order chi connectivity index (χ0) is 4.99. The Labute approximate surface area is 53.5 Å². The molecule has 0 heterocycles. The van der Waals surface area contributed by atoms with Gasteiger partial charge in [0.2, 0.25) is 0 Å². The molecule has 0 amide bonds. The average Bonchev–Trinajstić information content (AvgIpc) is 1.65. The lowest BCUT2D eigenvalue weighted by Gasteiger charge is -1.91. The smallest absolute Gasteiger partial charge is 0.155 e. The third-order valence-corrected chi connectivity index (χ3v) is 2.13. The van der Waals surface area contributed by atoms with Crippen LogP contribution in [0.4, 0.5) is 0 Å². The molecule has 0 saturated heterocycles. The molecule has 0 aliphatic carbocycles. The molecule has 0 atom stereocenters. The normalized spacial score (nSPS) is 7.00. The van der Waals surface area contributed by atoms with Gasteiger partial charge in [0.15, 0.2) is 5.05 Å². The number of thiocarbonyl (C=S) groups is 1. The molecule has 7 heavy (non-hydrogen) atoms. The van der Waals surface area contributed by atoms with E-state index >= 15 is 0 Å². The molecule has 0 aromatic heterocycles. The molecule has 1 nitrogen and oxygen atoms in total. The van der Waals surface area contributed by atoms with Gasteiger partial charge in [-0.2, -0.15) is 0 Å². The summed E-state index contributed by atoms with van der Waals surface area (Å²) < 4.78 is 4.67. The molecule has 0 N–H and O–H groups in total. The molecule has 0 aliphatic heterocycles. The van der Waals surface area contributed by atoms with Gasteiger partial charge in [0.1, 0.15) is 0 Å². The Bertz CT molecular complexity index is 49.7. The van der Waals surface area contributed by atoms with Crippen LogP contribution in [0.3, 0.4) is 0 Å². The highest BCUT2D eigenvalue weighted by Gasteiger charge is 1.81. The third-order valence-electron chi connectivity index (χ3n) is 0.516. The van der Waals surface area contributed by atoms with Gasteiger partial charge in [0.25, 0.3) is 0 Å². The van der Waals surface area contributed by atoms with Gasteiger partial charge in [-0.1, -0.05) is 7.43 Å². The molecule has 0 aromatic carbocycles. The maximum atomic E-state index is 4.67. The Kier molecular flexibility index (Phi) is 8.87. The van der Waals surface area contributed by atoms with Crippen LogP contribution in [0.2, 0.25) is 6.04 Å². The summed E-state index contributed by atoms with van der Waals surface area (Å²) in [6.45, 7) is 0. The lowest BCUT2D eigenvalue weighted by atomic mass is 10.8. The maximum Gasteiger partial charge on any atom is 0.155 e. The first-order valence-electron chi connectivity index (χ1n) is 1.88. The third kappa shape index (κ3) is 6.11. The van der Waals surface area contributed by atoms with Crippen LogP contribution in [0.15, 0.2) is 0 Å². The van der Waals surface area contributed by atoms with Gasteiger partial charge in [-0.15, -0.1) is 0 Å². The fourth-order valence-corrected chi connectivity index (χ4v) is 0.433. The van der Waals surface area contributed by atoms with Gasteiger partial charge < -0.3 is 4.74 Å². The number of hydrogen-bond acceptors (Lipinski definition) is 2. The molecule has 0 fully saturated rings. The Morgan fingerprint density at radius 1 is 1.86 bits per heavy atom. The topological polar surface area (TPSA) is 9.23 Å². The van der Waals surface area contributed by atoms with E-state index in [1.165, 1.54) is 0 Å². The summed E-state index contributed by atoms with van der Waals surface area (Å²) in [5, 5.41) is 0.738. The summed E-state index contributed by atoms with van der Waals surface area (Å²) in [5.41, 5.74) is 0. The zero-order valence-electron chi connectivity index (χ0n) is 4.02. The fourth-order valence-electron chi connectivity index (χ4n) is 0.144. The predicted molar refractivity (Wildman–Crippen MR) is 41.1 cm³/mol. The molecule has 44 valence electrons. The maximum absolute atomic E-state index is 4.67. The highest BCUT2D eigenvalue weighted by Crippen LogP contribution is 1.79. The first-order valence-corrected chi connectivity index (χ1v) is 3.70. The highest BCUT2D eigenvalue weighted by molar-refractivity contribution is 7.80. The van der Waals surface area contributed by atoms with E-state index in [1.807, 2.05) is 0 Å². The van der Waals surface area contributed by atoms with Crippen molar-refractivity contribution in [1.82, 2.24) is 0 Å². The molecule has 0 radical (unpaired) electrons. The van der Waals surface area contributed by atoms with E-state index < -0.39 is 0 Å². The first kappa shape index (κ1) is 10.2. The summed E-state index contributed by atoms with van der Waals surface area (Å²) in [6, 6.07) is 0.978. The van der Waals surface area contributed by atoms with Crippen LogP contribution in [0.25, 0.3) is 0 Å². The molecular weight excluding hydrogens is 124 g/mol. The van der Waals surface area contributed by atoms with E-state index in [0.717, 1.165) is 21.3 Å². The minimum absolute atomic E-state index is 0. The number of hydrogen-bond donors (Lipinski definition) is 0. The van der Waals surface area contributed by atoms with Crippen molar-refractivity contribution in [3.63, 3.8) is 0 Å². The van der Waals surface area contributed by atoms with E-state index in [0.29, 0.717) is 0 Å². The second-order valence-corrected chi connectivity index (χ2v) is 2.09. The summed E-state index contributed by atoms with van der Waals surface area (Å²) in [5.74, 6) is 0. The number of methoxy groups -OCH3 is 1. The van der Waals surface area contributed by atoms with Crippen LogP contribution in [-0.4, -0.2) is 22.4 Å². The summed E-state index contributed by atoms with van der Waals surface area (Å²) in [6.07, 6.45) is 0. The van der Waals surface area contributed by atoms with Crippen molar-refractivity contribution >= 4 is 27.5 Å². The summed E-state index contributed by atoms with van der Waals surface area (Å²) in [7, 11) is 2.73. The van der Waals surface area contributed by atoms with Crippen molar-refractivity contribution in [3.05, 3.63) is 0 Å². The number of ether oxygens (including phenoxy) is 1. The Hall–Kier alpha value is 0.107. The van der Waals surface area contributed by atoms with E-state index in [4.69, 9.17) is 0 Å². The molecule has 0 saturated carbocycles. The molecule has 3 heteroatoms. The van der Waals surface area contributed by atoms with Crippen LogP contribution in [-0.2, 0) is 4.74 Å². The van der Waals surface area contributed by atoms with Crippen LogP contribution in [0.1, 0.15) is 7.43 Å². The molecule has 0 spiro atoms. The lowest BCUT2D eigenvalue weighted by molar-refractivity contribution is 0.411. The Balaban J connectivity index is 0. The van der Waals surface area contributed by atoms with Gasteiger partial charge in [0.05, 0.1) is 7.11 Å². The number of rotatable bonds is 1. The monoisotopic (exact) mass is 136 g/mol. The molecule has 0 unspecified atom stereocenters. The van der Waals surface area contributed by atoms with E-state index in [1.54, 1.807) is 7.11 Å². The van der Waals surface area contributed by atoms with Crippen molar-refractivity contribution < 1.29 is 4.74 Å². The predicted octanol–water partition coefficient (Wildman–Crippen LogP) is 0.380. The van der Waals surface area contributed by atoms with Crippen LogP contribution in [0, 0.1) is 0 Å².